The molecule has 0 saturated heterocycles. The van der Waals surface area contributed by atoms with E-state index in [4.69, 9.17) is 5.26 Å². The van der Waals surface area contributed by atoms with Crippen molar-refractivity contribution in [1.29, 1.82) is 5.26 Å². The maximum absolute atomic E-state index is 12.6. The molecule has 3 rings (SSSR count). The summed E-state index contributed by atoms with van der Waals surface area (Å²) in [6.45, 7) is 0. The van der Waals surface area contributed by atoms with Crippen LogP contribution in [0.1, 0.15) is 15.9 Å². The van der Waals surface area contributed by atoms with Crippen molar-refractivity contribution in [3.8, 4) is 6.07 Å². The minimum absolute atomic E-state index is 0.261. The number of nitriles is 1. The molecule has 122 valence electrons. The third-order valence-corrected chi connectivity index (χ3v) is 4.85. The van der Waals surface area contributed by atoms with Gasteiger partial charge in [0.2, 0.25) is 0 Å². The molecule has 1 N–H and O–H groups in total. The third kappa shape index (κ3) is 4.47. The summed E-state index contributed by atoms with van der Waals surface area (Å²) < 4.78 is 0.994. The number of benzene rings is 2. The molecule has 3 aromatic rings. The fourth-order valence-electron chi connectivity index (χ4n) is 2.12. The number of pyridine rings is 1. The standard InChI is InChI=1S/C19H12BrN3OS/c20-14-6-8-16(9-7-14)25-19-17(5-2-10-22-19)18(24)23-15-4-1-3-13(11-15)12-21/h1-11H,(H,23,24). The van der Waals surface area contributed by atoms with Crippen LogP contribution in [0.3, 0.4) is 0 Å². The Hall–Kier alpha value is -2.62. The lowest BCUT2D eigenvalue weighted by Crippen LogP contribution is -2.13. The average Bonchev–Trinajstić information content (AvgIpc) is 2.64. The van der Waals surface area contributed by atoms with Crippen LogP contribution in [-0.4, -0.2) is 10.9 Å². The number of hydrogen-bond donors (Lipinski definition) is 1. The minimum atomic E-state index is -0.261. The Bertz CT molecular complexity index is 951. The Morgan fingerprint density at radius 1 is 1.12 bits per heavy atom. The number of nitrogens with one attached hydrogen (secondary N) is 1. The Balaban J connectivity index is 1.83. The quantitative estimate of drug-likeness (QED) is 0.649. The van der Waals surface area contributed by atoms with E-state index in [1.165, 1.54) is 11.8 Å². The molecular weight excluding hydrogens is 398 g/mol. The van der Waals surface area contributed by atoms with Crippen molar-refractivity contribution in [3.05, 3.63) is 82.5 Å². The van der Waals surface area contributed by atoms with Gasteiger partial charge in [0.1, 0.15) is 5.03 Å². The van der Waals surface area contributed by atoms with Gasteiger partial charge in [0.15, 0.2) is 0 Å². The van der Waals surface area contributed by atoms with Crippen molar-refractivity contribution in [3.63, 3.8) is 0 Å². The molecule has 0 spiro atoms. The van der Waals surface area contributed by atoms with E-state index < -0.39 is 0 Å². The molecule has 1 heterocycles. The van der Waals surface area contributed by atoms with Gasteiger partial charge in [0.25, 0.3) is 5.91 Å². The Kier molecular flexibility index (Phi) is 5.49. The molecule has 25 heavy (non-hydrogen) atoms. The van der Waals surface area contributed by atoms with Crippen LogP contribution in [0.5, 0.6) is 0 Å². The first kappa shape index (κ1) is 17.2. The number of amides is 1. The molecular formula is C19H12BrN3OS. The van der Waals surface area contributed by atoms with Gasteiger partial charge in [-0.1, -0.05) is 33.8 Å². The van der Waals surface area contributed by atoms with Gasteiger partial charge in [-0.25, -0.2) is 4.98 Å². The van der Waals surface area contributed by atoms with Crippen molar-refractivity contribution in [2.75, 3.05) is 5.32 Å². The van der Waals surface area contributed by atoms with Crippen LogP contribution in [0.2, 0.25) is 0 Å². The number of aromatic nitrogens is 1. The molecule has 1 amide bonds. The maximum atomic E-state index is 12.6. The van der Waals surface area contributed by atoms with Crippen molar-refractivity contribution in [2.45, 2.75) is 9.92 Å². The molecule has 0 aliphatic carbocycles. The lowest BCUT2D eigenvalue weighted by molar-refractivity contribution is 0.102. The first-order valence-electron chi connectivity index (χ1n) is 7.35. The van der Waals surface area contributed by atoms with Crippen LogP contribution in [0.15, 0.2) is 81.3 Å². The van der Waals surface area contributed by atoms with Crippen molar-refractivity contribution in [1.82, 2.24) is 4.98 Å². The van der Waals surface area contributed by atoms with Crippen LogP contribution < -0.4 is 5.32 Å². The summed E-state index contributed by atoms with van der Waals surface area (Å²) in [6, 6.07) is 20.1. The summed E-state index contributed by atoms with van der Waals surface area (Å²) in [6.07, 6.45) is 1.66. The van der Waals surface area contributed by atoms with E-state index in [2.05, 4.69) is 32.3 Å². The Labute approximate surface area is 158 Å². The highest BCUT2D eigenvalue weighted by Gasteiger charge is 2.14. The molecule has 0 aliphatic rings. The SMILES string of the molecule is N#Cc1cccc(NC(=O)c2cccnc2Sc2ccc(Br)cc2)c1. The number of halogens is 1. The van der Waals surface area contributed by atoms with Gasteiger partial charge in [-0.3, -0.25) is 4.79 Å². The van der Waals surface area contributed by atoms with Crippen LogP contribution >= 0.6 is 27.7 Å². The molecule has 1 aromatic heterocycles. The monoisotopic (exact) mass is 409 g/mol. The molecule has 0 aliphatic heterocycles. The molecule has 0 bridgehead atoms. The highest BCUT2D eigenvalue weighted by molar-refractivity contribution is 9.10. The number of carbonyl (C=O) groups is 1. The summed E-state index contributed by atoms with van der Waals surface area (Å²) >= 11 is 4.83. The lowest BCUT2D eigenvalue weighted by atomic mass is 10.2. The van der Waals surface area contributed by atoms with Crippen molar-refractivity contribution < 1.29 is 4.79 Å². The van der Waals surface area contributed by atoms with Crippen LogP contribution in [0.4, 0.5) is 5.69 Å². The Morgan fingerprint density at radius 3 is 2.68 bits per heavy atom. The van der Waals surface area contributed by atoms with Crippen LogP contribution in [0, 0.1) is 11.3 Å². The summed E-state index contributed by atoms with van der Waals surface area (Å²) in [5, 5.41) is 12.4. The summed E-state index contributed by atoms with van der Waals surface area (Å²) in [7, 11) is 0. The molecule has 0 fully saturated rings. The van der Waals surface area contributed by atoms with E-state index >= 15 is 0 Å². The molecule has 4 nitrogen and oxygen atoms in total. The third-order valence-electron chi connectivity index (χ3n) is 3.29. The van der Waals surface area contributed by atoms with E-state index in [0.717, 1.165) is 9.37 Å². The van der Waals surface area contributed by atoms with E-state index in [-0.39, 0.29) is 5.91 Å². The molecule has 2 aromatic carbocycles. The lowest BCUT2D eigenvalue weighted by Gasteiger charge is -2.09. The largest absolute Gasteiger partial charge is 0.322 e. The van der Waals surface area contributed by atoms with Gasteiger partial charge in [-0.05, 0) is 54.6 Å². The zero-order chi connectivity index (χ0) is 17.6. The smallest absolute Gasteiger partial charge is 0.258 e. The second-order valence-electron chi connectivity index (χ2n) is 5.06. The highest BCUT2D eigenvalue weighted by Crippen LogP contribution is 2.30. The van der Waals surface area contributed by atoms with Crippen molar-refractivity contribution in [2.24, 2.45) is 0 Å². The molecule has 0 radical (unpaired) electrons. The molecule has 0 unspecified atom stereocenters. The van der Waals surface area contributed by atoms with Gasteiger partial charge in [0, 0.05) is 21.3 Å². The number of hydrogen-bond acceptors (Lipinski definition) is 4. The number of carbonyl (C=O) groups excluding carboxylic acids is 1. The van der Waals surface area contributed by atoms with Crippen molar-refractivity contribution >= 4 is 39.3 Å². The van der Waals surface area contributed by atoms with E-state index in [0.29, 0.717) is 21.8 Å². The summed E-state index contributed by atoms with van der Waals surface area (Å²) in [5.74, 6) is -0.261. The average molecular weight is 410 g/mol. The summed E-state index contributed by atoms with van der Waals surface area (Å²) in [5.41, 5.74) is 1.55. The molecule has 0 atom stereocenters. The zero-order valence-corrected chi connectivity index (χ0v) is 15.3. The highest BCUT2D eigenvalue weighted by atomic mass is 79.9. The normalized spacial score (nSPS) is 10.1. The topological polar surface area (TPSA) is 65.8 Å². The number of rotatable bonds is 4. The second-order valence-corrected chi connectivity index (χ2v) is 7.04. The summed E-state index contributed by atoms with van der Waals surface area (Å²) in [4.78, 5) is 17.9. The number of anilines is 1. The van der Waals surface area contributed by atoms with Gasteiger partial charge < -0.3 is 5.32 Å². The van der Waals surface area contributed by atoms with Crippen LogP contribution in [-0.2, 0) is 0 Å². The molecule has 6 heteroatoms. The van der Waals surface area contributed by atoms with Gasteiger partial charge >= 0.3 is 0 Å². The van der Waals surface area contributed by atoms with Gasteiger partial charge in [-0.2, -0.15) is 5.26 Å². The van der Waals surface area contributed by atoms with Crippen LogP contribution in [0.25, 0.3) is 0 Å². The van der Waals surface area contributed by atoms with Gasteiger partial charge in [-0.15, -0.1) is 0 Å². The first-order valence-corrected chi connectivity index (χ1v) is 8.96. The predicted molar refractivity (Wildman–Crippen MR) is 102 cm³/mol. The first-order chi connectivity index (χ1) is 12.2. The van der Waals surface area contributed by atoms with Gasteiger partial charge in [0.05, 0.1) is 17.2 Å². The maximum Gasteiger partial charge on any atom is 0.258 e. The van der Waals surface area contributed by atoms with E-state index in [1.54, 1.807) is 42.6 Å². The second kappa shape index (κ2) is 7.97. The predicted octanol–water partition coefficient (Wildman–Crippen LogP) is 5.12. The number of nitrogens with zero attached hydrogens (tertiary/aromatic N) is 2. The minimum Gasteiger partial charge on any atom is -0.322 e. The van der Waals surface area contributed by atoms with E-state index in [1.807, 2.05) is 24.3 Å². The Morgan fingerprint density at radius 2 is 1.92 bits per heavy atom. The molecule has 0 saturated carbocycles. The fraction of sp³-hybridized carbons (Fsp3) is 0. The fourth-order valence-corrected chi connectivity index (χ4v) is 3.27. The van der Waals surface area contributed by atoms with E-state index in [9.17, 15) is 4.79 Å². The zero-order valence-electron chi connectivity index (χ0n) is 12.9.